The fraction of sp³-hybridized carbons (Fsp3) is 0.667. The van der Waals surface area contributed by atoms with E-state index in [1.807, 2.05) is 6.08 Å². The van der Waals surface area contributed by atoms with Gasteiger partial charge < -0.3 is 4.74 Å². The van der Waals surface area contributed by atoms with Gasteiger partial charge in [-0.05, 0) is 31.3 Å². The molecule has 1 aliphatic rings. The first-order valence-corrected chi connectivity index (χ1v) is 5.86. The molecule has 3 nitrogen and oxygen atoms in total. The van der Waals surface area contributed by atoms with E-state index in [0.29, 0.717) is 6.61 Å². The molecule has 0 aromatic rings. The lowest BCUT2D eigenvalue weighted by atomic mass is 9.80. The van der Waals surface area contributed by atoms with Crippen LogP contribution in [0.5, 0.6) is 0 Å². The minimum atomic E-state index is -0.289. The zero-order valence-electron chi connectivity index (χ0n) is 10.0. The Morgan fingerprint density at radius 3 is 2.81 bits per heavy atom. The molecule has 0 saturated carbocycles. The van der Waals surface area contributed by atoms with Gasteiger partial charge in [0.2, 0.25) is 0 Å². The van der Waals surface area contributed by atoms with Gasteiger partial charge >= 0.3 is 5.97 Å². The zero-order valence-corrected chi connectivity index (χ0v) is 10.8. The van der Waals surface area contributed by atoms with Crippen molar-refractivity contribution in [1.82, 2.24) is 0 Å². The molecule has 0 amide bonds. The summed E-state index contributed by atoms with van der Waals surface area (Å²) < 4.78 is 4.81. The molecule has 0 atom stereocenters. The largest absolute Gasteiger partial charge is 0.465 e. The fourth-order valence-electron chi connectivity index (χ4n) is 1.77. The number of allylic oxidation sites excluding steroid dienone is 2. The Balaban J connectivity index is 2.63. The predicted octanol–water partition coefficient (Wildman–Crippen LogP) is 2.93. The first kappa shape index (κ1) is 13.2. The summed E-state index contributed by atoms with van der Waals surface area (Å²) in [6, 6.07) is 0. The number of carbonyl (C=O) groups is 1. The Labute approximate surface area is 102 Å². The van der Waals surface area contributed by atoms with E-state index < -0.39 is 0 Å². The van der Waals surface area contributed by atoms with Crippen LogP contribution >= 0.6 is 11.6 Å². The summed E-state index contributed by atoms with van der Waals surface area (Å²) in [6.45, 7) is 6.54. The van der Waals surface area contributed by atoms with E-state index in [1.54, 1.807) is 6.92 Å². The van der Waals surface area contributed by atoms with Crippen LogP contribution < -0.4 is 0 Å². The number of nitrogens with zero attached hydrogens (tertiary/aromatic N) is 1. The number of hydrogen-bond donors (Lipinski definition) is 0. The lowest BCUT2D eigenvalue weighted by Crippen LogP contribution is -2.21. The predicted molar refractivity (Wildman–Crippen MR) is 65.9 cm³/mol. The highest BCUT2D eigenvalue weighted by Gasteiger charge is 2.25. The summed E-state index contributed by atoms with van der Waals surface area (Å²) in [6.07, 6.45) is 3.57. The van der Waals surface area contributed by atoms with Crippen LogP contribution in [0.15, 0.2) is 16.1 Å². The molecule has 0 bridgehead atoms. The molecular formula is C12H18ClNO2. The first-order chi connectivity index (χ1) is 7.43. The van der Waals surface area contributed by atoms with E-state index in [1.165, 1.54) is 0 Å². The molecule has 16 heavy (non-hydrogen) atoms. The second-order valence-corrected chi connectivity index (χ2v) is 5.21. The Morgan fingerprint density at radius 1 is 1.56 bits per heavy atom. The molecular weight excluding hydrogens is 226 g/mol. The maximum Gasteiger partial charge on any atom is 0.327 e. The average Bonchev–Trinajstić information content (AvgIpc) is 2.12. The van der Waals surface area contributed by atoms with Gasteiger partial charge in [-0.3, -0.25) is 9.79 Å². The van der Waals surface area contributed by atoms with Crippen molar-refractivity contribution in [3.05, 3.63) is 11.1 Å². The summed E-state index contributed by atoms with van der Waals surface area (Å²) in [5.41, 5.74) is 1.01. The van der Waals surface area contributed by atoms with E-state index in [4.69, 9.17) is 16.3 Å². The minimum absolute atomic E-state index is 0.0833. The summed E-state index contributed by atoms with van der Waals surface area (Å²) >= 11 is 6.04. The van der Waals surface area contributed by atoms with Gasteiger partial charge in [0.15, 0.2) is 0 Å². The van der Waals surface area contributed by atoms with Gasteiger partial charge in [0.25, 0.3) is 0 Å². The van der Waals surface area contributed by atoms with Crippen LogP contribution in [0.2, 0.25) is 0 Å². The van der Waals surface area contributed by atoms with Crippen LogP contribution in [0.3, 0.4) is 0 Å². The lowest BCUT2D eigenvalue weighted by Gasteiger charge is -2.28. The van der Waals surface area contributed by atoms with E-state index in [0.717, 1.165) is 23.6 Å². The second-order valence-electron chi connectivity index (χ2n) is 4.72. The van der Waals surface area contributed by atoms with Gasteiger partial charge in [-0.15, -0.1) is 0 Å². The smallest absolute Gasteiger partial charge is 0.327 e. The number of esters is 1. The number of rotatable bonds is 3. The number of aliphatic imine (C=N–C) groups is 1. The van der Waals surface area contributed by atoms with Crippen LogP contribution in [-0.2, 0) is 9.53 Å². The van der Waals surface area contributed by atoms with Crippen molar-refractivity contribution in [2.45, 2.75) is 33.6 Å². The molecule has 90 valence electrons. The Hall–Kier alpha value is -0.830. The normalized spacial score (nSPS) is 21.8. The van der Waals surface area contributed by atoms with Crippen LogP contribution in [0, 0.1) is 5.41 Å². The summed E-state index contributed by atoms with van der Waals surface area (Å²) in [7, 11) is 0. The molecule has 0 saturated heterocycles. The van der Waals surface area contributed by atoms with Crippen LogP contribution in [0.25, 0.3) is 0 Å². The van der Waals surface area contributed by atoms with Crippen molar-refractivity contribution < 1.29 is 9.53 Å². The number of ether oxygens (including phenoxy) is 1. The Kier molecular flexibility index (Phi) is 4.54. The van der Waals surface area contributed by atoms with E-state index in [2.05, 4.69) is 18.8 Å². The van der Waals surface area contributed by atoms with Gasteiger partial charge in [0.05, 0.1) is 6.61 Å². The average molecular weight is 244 g/mol. The van der Waals surface area contributed by atoms with Crippen LogP contribution in [0.1, 0.15) is 33.6 Å². The summed E-state index contributed by atoms with van der Waals surface area (Å²) in [5, 5.41) is 0.804. The first-order valence-electron chi connectivity index (χ1n) is 5.48. The summed E-state index contributed by atoms with van der Waals surface area (Å²) in [5.74, 6) is -0.289. The van der Waals surface area contributed by atoms with E-state index in [-0.39, 0.29) is 17.9 Å². The van der Waals surface area contributed by atoms with Crippen molar-refractivity contribution in [3.63, 3.8) is 0 Å². The highest BCUT2D eigenvalue weighted by Crippen LogP contribution is 2.35. The third-order valence-corrected chi connectivity index (χ3v) is 2.59. The van der Waals surface area contributed by atoms with Gasteiger partial charge in [0.1, 0.15) is 6.54 Å². The van der Waals surface area contributed by atoms with Gasteiger partial charge in [-0.1, -0.05) is 25.4 Å². The quantitative estimate of drug-likeness (QED) is 0.715. The summed E-state index contributed by atoms with van der Waals surface area (Å²) in [4.78, 5) is 15.4. The third-order valence-electron chi connectivity index (χ3n) is 2.35. The number of carbonyl (C=O) groups excluding carboxylic acids is 1. The Morgan fingerprint density at radius 2 is 2.25 bits per heavy atom. The van der Waals surface area contributed by atoms with Crippen molar-refractivity contribution in [1.29, 1.82) is 0 Å². The molecule has 0 unspecified atom stereocenters. The highest BCUT2D eigenvalue weighted by atomic mass is 35.5. The van der Waals surface area contributed by atoms with Crippen molar-refractivity contribution >= 4 is 23.3 Å². The van der Waals surface area contributed by atoms with Crippen molar-refractivity contribution in [2.24, 2.45) is 10.4 Å². The Bertz CT molecular complexity index is 332. The highest BCUT2D eigenvalue weighted by molar-refractivity contribution is 6.31. The maximum atomic E-state index is 11.1. The van der Waals surface area contributed by atoms with E-state index >= 15 is 0 Å². The van der Waals surface area contributed by atoms with Crippen molar-refractivity contribution in [3.8, 4) is 0 Å². The zero-order chi connectivity index (χ0) is 12.2. The molecule has 0 fully saturated rings. The molecule has 1 rings (SSSR count). The van der Waals surface area contributed by atoms with Gasteiger partial charge in [0, 0.05) is 10.7 Å². The minimum Gasteiger partial charge on any atom is -0.465 e. The maximum absolute atomic E-state index is 11.1. The molecule has 0 aromatic heterocycles. The van der Waals surface area contributed by atoms with Gasteiger partial charge in [-0.2, -0.15) is 0 Å². The topological polar surface area (TPSA) is 38.7 Å². The molecule has 0 N–H and O–H groups in total. The SMILES string of the molecule is CCOC(=O)CN=C1C=C(Cl)CC(C)(C)C1. The van der Waals surface area contributed by atoms with Crippen LogP contribution in [0.4, 0.5) is 0 Å². The van der Waals surface area contributed by atoms with E-state index in [9.17, 15) is 4.79 Å². The lowest BCUT2D eigenvalue weighted by molar-refractivity contribution is -0.141. The molecule has 0 radical (unpaired) electrons. The molecule has 0 spiro atoms. The number of halogens is 1. The molecule has 0 aliphatic heterocycles. The van der Waals surface area contributed by atoms with Crippen LogP contribution in [-0.4, -0.2) is 24.8 Å². The fourth-order valence-corrected chi connectivity index (χ4v) is 2.25. The standard InChI is InChI=1S/C12H18ClNO2/c1-4-16-11(15)8-14-10-5-9(13)6-12(2,3)7-10/h5H,4,6-8H2,1-3H3. The third kappa shape index (κ3) is 4.35. The molecule has 1 aliphatic carbocycles. The molecule has 4 heteroatoms. The molecule has 0 heterocycles. The van der Waals surface area contributed by atoms with Gasteiger partial charge in [-0.25, -0.2) is 0 Å². The van der Waals surface area contributed by atoms with Crippen molar-refractivity contribution in [2.75, 3.05) is 13.2 Å². The molecule has 0 aromatic carbocycles. The second kappa shape index (κ2) is 5.48. The number of hydrogen-bond acceptors (Lipinski definition) is 3. The monoisotopic (exact) mass is 243 g/mol.